The van der Waals surface area contributed by atoms with E-state index >= 15 is 0 Å². The molecular formula is C13H17NO2S. The summed E-state index contributed by atoms with van der Waals surface area (Å²) in [6.07, 6.45) is 1.30. The van der Waals surface area contributed by atoms with Crippen LogP contribution in [0.25, 0.3) is 0 Å². The van der Waals surface area contributed by atoms with E-state index in [2.05, 4.69) is 4.90 Å². The van der Waals surface area contributed by atoms with Gasteiger partial charge in [-0.25, -0.2) is 0 Å². The Morgan fingerprint density at radius 3 is 2.41 bits per heavy atom. The Labute approximate surface area is 104 Å². The molecule has 0 bridgehead atoms. The molecule has 1 aromatic rings. The molecule has 1 saturated heterocycles. The van der Waals surface area contributed by atoms with Gasteiger partial charge in [-0.1, -0.05) is 18.2 Å². The van der Waals surface area contributed by atoms with E-state index in [1.165, 1.54) is 0 Å². The number of carbonyl (C=O) groups excluding carboxylic acids is 1. The lowest BCUT2D eigenvalue weighted by molar-refractivity contribution is -0.121. The van der Waals surface area contributed by atoms with Gasteiger partial charge in [0.15, 0.2) is 0 Å². The van der Waals surface area contributed by atoms with Crippen molar-refractivity contribution in [2.45, 2.75) is 17.7 Å². The summed E-state index contributed by atoms with van der Waals surface area (Å²) in [6, 6.07) is 9.54. The molecule has 0 aromatic heterocycles. The van der Waals surface area contributed by atoms with Crippen molar-refractivity contribution >= 4 is 16.6 Å². The van der Waals surface area contributed by atoms with E-state index in [0.29, 0.717) is 24.4 Å². The lowest BCUT2D eigenvalue weighted by Gasteiger charge is -2.25. The van der Waals surface area contributed by atoms with Gasteiger partial charge in [0.2, 0.25) is 0 Å². The highest BCUT2D eigenvalue weighted by molar-refractivity contribution is 7.85. The van der Waals surface area contributed by atoms with Gasteiger partial charge in [-0.05, 0) is 12.1 Å². The van der Waals surface area contributed by atoms with Crippen molar-refractivity contribution < 1.29 is 9.00 Å². The summed E-state index contributed by atoms with van der Waals surface area (Å²) in [5.41, 5.74) is 0. The lowest BCUT2D eigenvalue weighted by atomic mass is 10.1. The molecule has 0 amide bonds. The molecular weight excluding hydrogens is 234 g/mol. The first kappa shape index (κ1) is 12.5. The van der Waals surface area contributed by atoms with Crippen LogP contribution in [0.4, 0.5) is 0 Å². The summed E-state index contributed by atoms with van der Waals surface area (Å²) in [6.45, 7) is 2.46. The van der Waals surface area contributed by atoms with Crippen LogP contribution in [0.1, 0.15) is 12.8 Å². The zero-order chi connectivity index (χ0) is 12.1. The van der Waals surface area contributed by atoms with Gasteiger partial charge in [0.25, 0.3) is 0 Å². The van der Waals surface area contributed by atoms with E-state index < -0.39 is 10.8 Å². The second-order valence-corrected chi connectivity index (χ2v) is 5.81. The predicted octanol–water partition coefficient (Wildman–Crippen LogP) is 1.46. The van der Waals surface area contributed by atoms with Gasteiger partial charge in [0.05, 0.1) is 10.8 Å². The highest BCUT2D eigenvalue weighted by atomic mass is 32.2. The summed E-state index contributed by atoms with van der Waals surface area (Å²) < 4.78 is 12.0. The van der Waals surface area contributed by atoms with Crippen LogP contribution in [0, 0.1) is 0 Å². The Bertz CT molecular complexity index is 395. The average molecular weight is 251 g/mol. The van der Waals surface area contributed by atoms with Crippen LogP contribution in [0.2, 0.25) is 0 Å². The molecule has 4 heteroatoms. The molecule has 17 heavy (non-hydrogen) atoms. The van der Waals surface area contributed by atoms with Crippen LogP contribution in [0.15, 0.2) is 35.2 Å². The number of ketones is 1. The number of nitrogens with zero attached hydrogens (tertiary/aromatic N) is 1. The van der Waals surface area contributed by atoms with Gasteiger partial charge in [-0.3, -0.25) is 9.00 Å². The molecule has 0 spiro atoms. The smallest absolute Gasteiger partial charge is 0.135 e. The fourth-order valence-corrected chi connectivity index (χ4v) is 3.05. The quantitative estimate of drug-likeness (QED) is 0.813. The van der Waals surface area contributed by atoms with E-state index in [1.807, 2.05) is 30.3 Å². The molecule has 0 N–H and O–H groups in total. The zero-order valence-electron chi connectivity index (χ0n) is 9.80. The third kappa shape index (κ3) is 3.75. The van der Waals surface area contributed by atoms with Gasteiger partial charge in [0.1, 0.15) is 5.78 Å². The molecule has 1 aromatic carbocycles. The third-order valence-electron chi connectivity index (χ3n) is 3.01. The maximum atomic E-state index is 12.0. The first-order chi connectivity index (χ1) is 8.25. The Hall–Kier alpha value is -1.00. The molecule has 1 unspecified atom stereocenters. The van der Waals surface area contributed by atoms with E-state index in [-0.39, 0.29) is 0 Å². The van der Waals surface area contributed by atoms with Gasteiger partial charge < -0.3 is 4.90 Å². The molecule has 1 fully saturated rings. The average Bonchev–Trinajstić information content (AvgIpc) is 2.39. The minimum absolute atomic E-state index is 0.352. The highest BCUT2D eigenvalue weighted by Gasteiger charge is 2.16. The van der Waals surface area contributed by atoms with Crippen molar-refractivity contribution in [2.24, 2.45) is 0 Å². The minimum atomic E-state index is -0.920. The summed E-state index contributed by atoms with van der Waals surface area (Å²) in [5, 5.41) is 0. The summed E-state index contributed by atoms with van der Waals surface area (Å²) in [5.74, 6) is 1.00. The minimum Gasteiger partial charge on any atom is -0.302 e. The Kier molecular flexibility index (Phi) is 4.45. The van der Waals surface area contributed by atoms with Crippen LogP contribution >= 0.6 is 0 Å². The molecule has 2 rings (SSSR count). The van der Waals surface area contributed by atoms with Gasteiger partial charge >= 0.3 is 0 Å². The van der Waals surface area contributed by atoms with Crippen LogP contribution < -0.4 is 0 Å². The standard InChI is InChI=1S/C13H17NO2S/c15-12-6-8-14(9-7-12)10-11-17(16)13-4-2-1-3-5-13/h1-5H,6-11H2. The maximum Gasteiger partial charge on any atom is 0.135 e. The Morgan fingerprint density at radius 2 is 1.76 bits per heavy atom. The van der Waals surface area contributed by atoms with Crippen molar-refractivity contribution in [2.75, 3.05) is 25.4 Å². The largest absolute Gasteiger partial charge is 0.302 e. The second kappa shape index (κ2) is 6.07. The third-order valence-corrected chi connectivity index (χ3v) is 4.36. The van der Waals surface area contributed by atoms with Crippen molar-refractivity contribution in [3.8, 4) is 0 Å². The molecule has 0 radical (unpaired) electrons. The number of Topliss-reactive ketones (excluding diaryl/α,β-unsaturated/α-hetero) is 1. The molecule has 1 heterocycles. The number of carbonyl (C=O) groups is 1. The van der Waals surface area contributed by atoms with Gasteiger partial charge in [-0.2, -0.15) is 0 Å². The normalized spacial score (nSPS) is 19.2. The van der Waals surface area contributed by atoms with E-state index in [1.54, 1.807) is 0 Å². The molecule has 0 saturated carbocycles. The summed E-state index contributed by atoms with van der Waals surface area (Å²) in [7, 11) is -0.920. The predicted molar refractivity (Wildman–Crippen MR) is 68.4 cm³/mol. The lowest BCUT2D eigenvalue weighted by Crippen LogP contribution is -2.36. The number of likely N-dealkylation sites (tertiary alicyclic amines) is 1. The molecule has 0 aliphatic carbocycles. The SMILES string of the molecule is O=C1CCN(CCS(=O)c2ccccc2)CC1. The summed E-state index contributed by atoms with van der Waals surface area (Å²) >= 11 is 0. The zero-order valence-corrected chi connectivity index (χ0v) is 10.6. The van der Waals surface area contributed by atoms with Crippen LogP contribution in [0.5, 0.6) is 0 Å². The van der Waals surface area contributed by atoms with Crippen molar-refractivity contribution in [3.63, 3.8) is 0 Å². The number of piperidine rings is 1. The van der Waals surface area contributed by atoms with Crippen molar-refractivity contribution in [3.05, 3.63) is 30.3 Å². The second-order valence-electron chi connectivity index (χ2n) is 4.24. The molecule has 1 aliphatic heterocycles. The van der Waals surface area contributed by atoms with Crippen molar-refractivity contribution in [1.82, 2.24) is 4.90 Å². The van der Waals surface area contributed by atoms with E-state index in [9.17, 15) is 9.00 Å². The van der Waals surface area contributed by atoms with E-state index in [4.69, 9.17) is 0 Å². The van der Waals surface area contributed by atoms with Crippen LogP contribution in [-0.4, -0.2) is 40.3 Å². The highest BCUT2D eigenvalue weighted by Crippen LogP contribution is 2.08. The molecule has 1 atom stereocenters. The topological polar surface area (TPSA) is 37.4 Å². The van der Waals surface area contributed by atoms with Crippen LogP contribution in [-0.2, 0) is 15.6 Å². The first-order valence-corrected chi connectivity index (χ1v) is 7.25. The van der Waals surface area contributed by atoms with E-state index in [0.717, 1.165) is 24.5 Å². The summed E-state index contributed by atoms with van der Waals surface area (Å²) in [4.78, 5) is 14.2. The Morgan fingerprint density at radius 1 is 1.12 bits per heavy atom. The number of hydrogen-bond acceptors (Lipinski definition) is 3. The monoisotopic (exact) mass is 251 g/mol. The van der Waals surface area contributed by atoms with Gasteiger partial charge in [0, 0.05) is 43.1 Å². The van der Waals surface area contributed by atoms with Gasteiger partial charge in [-0.15, -0.1) is 0 Å². The number of benzene rings is 1. The first-order valence-electron chi connectivity index (χ1n) is 5.93. The number of rotatable bonds is 4. The van der Waals surface area contributed by atoms with Crippen LogP contribution in [0.3, 0.4) is 0 Å². The fraction of sp³-hybridized carbons (Fsp3) is 0.462. The molecule has 1 aliphatic rings. The number of hydrogen-bond donors (Lipinski definition) is 0. The van der Waals surface area contributed by atoms with Crippen molar-refractivity contribution in [1.29, 1.82) is 0 Å². The molecule has 92 valence electrons. The fourth-order valence-electron chi connectivity index (χ4n) is 1.93. The molecule has 3 nitrogen and oxygen atoms in total. The Balaban J connectivity index is 1.79. The maximum absolute atomic E-state index is 12.0.